The molecule has 4 heteroatoms. The molecule has 0 unspecified atom stereocenters. The summed E-state index contributed by atoms with van der Waals surface area (Å²) >= 11 is 4.06. The van der Waals surface area contributed by atoms with E-state index in [1.807, 2.05) is 11.3 Å². The standard InChI is InChI=1S/C15H26N2S2/c1-12(2)16-10-15-9-14(13(3)19-15)11-17-5-4-7-18-8-6-17/h9,12,16H,4-8,10-11H2,1-3H3. The summed E-state index contributed by atoms with van der Waals surface area (Å²) in [7, 11) is 0. The fraction of sp³-hybridized carbons (Fsp3) is 0.733. The fourth-order valence-electron chi connectivity index (χ4n) is 2.33. The zero-order valence-corrected chi connectivity index (χ0v) is 14.0. The van der Waals surface area contributed by atoms with E-state index in [2.05, 4.69) is 48.8 Å². The first-order valence-corrected chi connectivity index (χ1v) is 9.24. The summed E-state index contributed by atoms with van der Waals surface area (Å²) in [4.78, 5) is 5.59. The van der Waals surface area contributed by atoms with Gasteiger partial charge in [0.2, 0.25) is 0 Å². The smallest absolute Gasteiger partial charge is 0.0302 e. The minimum absolute atomic E-state index is 0.563. The maximum atomic E-state index is 3.51. The first-order valence-electron chi connectivity index (χ1n) is 7.27. The van der Waals surface area contributed by atoms with Crippen molar-refractivity contribution in [1.29, 1.82) is 0 Å². The highest BCUT2D eigenvalue weighted by Gasteiger charge is 2.13. The lowest BCUT2D eigenvalue weighted by atomic mass is 10.2. The van der Waals surface area contributed by atoms with Crippen LogP contribution in [0.3, 0.4) is 0 Å². The van der Waals surface area contributed by atoms with Crippen LogP contribution < -0.4 is 5.32 Å². The van der Waals surface area contributed by atoms with Gasteiger partial charge in [-0.25, -0.2) is 0 Å². The van der Waals surface area contributed by atoms with Crippen molar-refractivity contribution in [3.8, 4) is 0 Å². The molecule has 2 heterocycles. The molecule has 0 bridgehead atoms. The Bertz CT molecular complexity index is 379. The molecule has 1 aliphatic heterocycles. The Morgan fingerprint density at radius 3 is 2.95 bits per heavy atom. The third-order valence-electron chi connectivity index (χ3n) is 3.46. The van der Waals surface area contributed by atoms with Crippen molar-refractivity contribution in [2.24, 2.45) is 0 Å². The summed E-state index contributed by atoms with van der Waals surface area (Å²) in [6.07, 6.45) is 1.34. The van der Waals surface area contributed by atoms with Gasteiger partial charge < -0.3 is 5.32 Å². The maximum absolute atomic E-state index is 3.51. The molecule has 0 atom stereocenters. The van der Waals surface area contributed by atoms with Crippen molar-refractivity contribution < 1.29 is 0 Å². The zero-order valence-electron chi connectivity index (χ0n) is 12.4. The lowest BCUT2D eigenvalue weighted by Crippen LogP contribution is -2.25. The van der Waals surface area contributed by atoms with E-state index in [1.54, 1.807) is 0 Å². The van der Waals surface area contributed by atoms with Crippen molar-refractivity contribution in [1.82, 2.24) is 10.2 Å². The highest BCUT2D eigenvalue weighted by molar-refractivity contribution is 7.99. The molecule has 1 fully saturated rings. The normalized spacial score (nSPS) is 17.9. The molecule has 0 aliphatic carbocycles. The fourth-order valence-corrected chi connectivity index (χ4v) is 4.26. The van der Waals surface area contributed by atoms with Crippen LogP contribution >= 0.6 is 23.1 Å². The predicted octanol–water partition coefficient (Wildman–Crippen LogP) is 3.49. The molecular weight excluding hydrogens is 272 g/mol. The molecule has 0 spiro atoms. The molecule has 108 valence electrons. The molecule has 1 aliphatic rings. The van der Waals surface area contributed by atoms with Crippen molar-refractivity contribution in [3.63, 3.8) is 0 Å². The van der Waals surface area contributed by atoms with E-state index < -0.39 is 0 Å². The van der Waals surface area contributed by atoms with Crippen LogP contribution in [0.5, 0.6) is 0 Å². The lowest BCUT2D eigenvalue weighted by molar-refractivity contribution is 0.287. The lowest BCUT2D eigenvalue weighted by Gasteiger charge is -2.19. The Kier molecular flexibility index (Phi) is 6.20. The van der Waals surface area contributed by atoms with Crippen LogP contribution in [0.1, 0.15) is 35.6 Å². The van der Waals surface area contributed by atoms with E-state index in [9.17, 15) is 0 Å². The van der Waals surface area contributed by atoms with Gasteiger partial charge in [-0.15, -0.1) is 11.3 Å². The summed E-state index contributed by atoms with van der Waals surface area (Å²) in [5, 5.41) is 3.51. The topological polar surface area (TPSA) is 15.3 Å². The molecule has 0 aromatic carbocycles. The molecule has 1 N–H and O–H groups in total. The van der Waals surface area contributed by atoms with Crippen LogP contribution in [0, 0.1) is 6.92 Å². The molecule has 0 saturated carbocycles. The molecule has 0 radical (unpaired) electrons. The van der Waals surface area contributed by atoms with Gasteiger partial charge in [-0.1, -0.05) is 13.8 Å². The van der Waals surface area contributed by atoms with E-state index in [4.69, 9.17) is 0 Å². The van der Waals surface area contributed by atoms with Gasteiger partial charge in [-0.2, -0.15) is 11.8 Å². The second kappa shape index (κ2) is 7.67. The largest absolute Gasteiger partial charge is 0.310 e. The van der Waals surface area contributed by atoms with E-state index >= 15 is 0 Å². The van der Waals surface area contributed by atoms with Crippen LogP contribution in [0.2, 0.25) is 0 Å². The first kappa shape index (κ1) is 15.4. The Balaban J connectivity index is 1.91. The molecule has 1 aromatic rings. The summed E-state index contributed by atoms with van der Waals surface area (Å²) < 4.78 is 0. The SMILES string of the molecule is Cc1sc(CNC(C)C)cc1CN1CCCSCC1. The summed E-state index contributed by atoms with van der Waals surface area (Å²) in [5.74, 6) is 2.63. The summed E-state index contributed by atoms with van der Waals surface area (Å²) in [6, 6.07) is 2.97. The monoisotopic (exact) mass is 298 g/mol. The Labute approximate surface area is 126 Å². The number of thioether (sulfide) groups is 1. The minimum Gasteiger partial charge on any atom is -0.310 e. The van der Waals surface area contributed by atoms with Crippen molar-refractivity contribution in [3.05, 3.63) is 21.4 Å². The van der Waals surface area contributed by atoms with Crippen molar-refractivity contribution >= 4 is 23.1 Å². The van der Waals surface area contributed by atoms with Crippen LogP contribution in [0.15, 0.2) is 6.07 Å². The predicted molar refractivity (Wildman–Crippen MR) is 88.3 cm³/mol. The highest BCUT2D eigenvalue weighted by atomic mass is 32.2. The number of hydrogen-bond donors (Lipinski definition) is 1. The van der Waals surface area contributed by atoms with E-state index in [-0.39, 0.29) is 0 Å². The molecule has 19 heavy (non-hydrogen) atoms. The van der Waals surface area contributed by atoms with Crippen LogP contribution in [0.25, 0.3) is 0 Å². The number of nitrogens with one attached hydrogen (secondary N) is 1. The quantitative estimate of drug-likeness (QED) is 0.896. The van der Waals surface area contributed by atoms with E-state index in [0.29, 0.717) is 6.04 Å². The van der Waals surface area contributed by atoms with Gasteiger partial charge >= 0.3 is 0 Å². The van der Waals surface area contributed by atoms with Crippen molar-refractivity contribution in [2.75, 3.05) is 24.6 Å². The third kappa shape index (κ3) is 5.10. The maximum Gasteiger partial charge on any atom is 0.0302 e. The minimum atomic E-state index is 0.563. The molecule has 1 aromatic heterocycles. The number of rotatable bonds is 5. The number of hydrogen-bond acceptors (Lipinski definition) is 4. The summed E-state index contributed by atoms with van der Waals surface area (Å²) in [5.41, 5.74) is 1.54. The van der Waals surface area contributed by atoms with E-state index in [0.717, 1.165) is 13.1 Å². The average Bonchev–Trinajstić information content (AvgIpc) is 2.57. The molecule has 2 nitrogen and oxygen atoms in total. The molecule has 2 rings (SSSR count). The van der Waals surface area contributed by atoms with Gasteiger partial charge in [0.1, 0.15) is 0 Å². The molecule has 1 saturated heterocycles. The van der Waals surface area contributed by atoms with Gasteiger partial charge in [-0.3, -0.25) is 4.90 Å². The molecule has 0 amide bonds. The van der Waals surface area contributed by atoms with Crippen molar-refractivity contribution in [2.45, 2.75) is 46.3 Å². The third-order valence-corrected chi connectivity index (χ3v) is 5.61. The highest BCUT2D eigenvalue weighted by Crippen LogP contribution is 2.24. The number of nitrogens with zero attached hydrogens (tertiary/aromatic N) is 1. The Morgan fingerprint density at radius 2 is 2.16 bits per heavy atom. The molecular formula is C15H26N2S2. The Hall–Kier alpha value is -0.0300. The van der Waals surface area contributed by atoms with Gasteiger partial charge in [0.25, 0.3) is 0 Å². The van der Waals surface area contributed by atoms with Gasteiger partial charge in [0.05, 0.1) is 0 Å². The van der Waals surface area contributed by atoms with Gasteiger partial charge in [-0.05, 0) is 37.3 Å². The summed E-state index contributed by atoms with van der Waals surface area (Å²) in [6.45, 7) is 11.4. The van der Waals surface area contributed by atoms with Gasteiger partial charge in [0, 0.05) is 41.2 Å². The van der Waals surface area contributed by atoms with Crippen LogP contribution in [-0.2, 0) is 13.1 Å². The second-order valence-electron chi connectivity index (χ2n) is 5.57. The van der Waals surface area contributed by atoms with Gasteiger partial charge in [0.15, 0.2) is 0 Å². The Morgan fingerprint density at radius 1 is 1.32 bits per heavy atom. The number of aryl methyl sites for hydroxylation is 1. The average molecular weight is 299 g/mol. The van der Waals surface area contributed by atoms with Crippen LogP contribution in [0.4, 0.5) is 0 Å². The van der Waals surface area contributed by atoms with E-state index in [1.165, 1.54) is 46.3 Å². The van der Waals surface area contributed by atoms with Crippen LogP contribution in [-0.4, -0.2) is 35.5 Å². The first-order chi connectivity index (χ1) is 9.15. The second-order valence-corrected chi connectivity index (χ2v) is 8.14. The number of thiophene rings is 1. The zero-order chi connectivity index (χ0) is 13.7.